The quantitative estimate of drug-likeness (QED) is 0.661. The zero-order chi connectivity index (χ0) is 14.2. The molecule has 0 bridgehead atoms. The number of rotatable bonds is 2. The molecule has 20 heavy (non-hydrogen) atoms. The van der Waals surface area contributed by atoms with Crippen LogP contribution in [0, 0.1) is 0 Å². The Hall–Kier alpha value is -1.93. The lowest BCUT2D eigenvalue weighted by Crippen LogP contribution is -2.39. The van der Waals surface area contributed by atoms with Crippen molar-refractivity contribution in [3.8, 4) is 0 Å². The first-order valence-corrected chi connectivity index (χ1v) is 7.00. The van der Waals surface area contributed by atoms with Crippen molar-refractivity contribution >= 4 is 16.6 Å². The van der Waals surface area contributed by atoms with Gasteiger partial charge in [-0.2, -0.15) is 0 Å². The van der Waals surface area contributed by atoms with Crippen LogP contribution in [0.1, 0.15) is 36.5 Å². The SMILES string of the molecule is CC1=CCC(O)(C(=O)c2ccc3ccccc3c2)CC1. The first-order chi connectivity index (χ1) is 9.58. The molecule has 0 spiro atoms. The highest BCUT2D eigenvalue weighted by atomic mass is 16.3. The van der Waals surface area contributed by atoms with Gasteiger partial charge < -0.3 is 5.11 Å². The molecule has 0 radical (unpaired) electrons. The van der Waals surface area contributed by atoms with E-state index in [0.29, 0.717) is 18.4 Å². The van der Waals surface area contributed by atoms with E-state index in [4.69, 9.17) is 0 Å². The van der Waals surface area contributed by atoms with Crippen molar-refractivity contribution in [2.45, 2.75) is 31.8 Å². The Labute approximate surface area is 118 Å². The third kappa shape index (κ3) is 2.27. The van der Waals surface area contributed by atoms with Gasteiger partial charge in [-0.3, -0.25) is 4.79 Å². The first-order valence-electron chi connectivity index (χ1n) is 7.00. The number of ketones is 1. The lowest BCUT2D eigenvalue weighted by atomic mass is 9.80. The Balaban J connectivity index is 1.96. The molecule has 1 aliphatic rings. The van der Waals surface area contributed by atoms with Crippen molar-refractivity contribution in [2.75, 3.05) is 0 Å². The van der Waals surface area contributed by atoms with Crippen molar-refractivity contribution in [1.29, 1.82) is 0 Å². The summed E-state index contributed by atoms with van der Waals surface area (Å²) < 4.78 is 0. The number of Topliss-reactive ketones (excluding diaryl/α,β-unsaturated/α-hetero) is 1. The molecule has 0 fully saturated rings. The van der Waals surface area contributed by atoms with Crippen LogP contribution in [0.2, 0.25) is 0 Å². The molecule has 2 nitrogen and oxygen atoms in total. The molecule has 0 saturated heterocycles. The van der Waals surface area contributed by atoms with E-state index in [1.165, 1.54) is 5.57 Å². The van der Waals surface area contributed by atoms with E-state index in [0.717, 1.165) is 17.2 Å². The van der Waals surface area contributed by atoms with Crippen LogP contribution >= 0.6 is 0 Å². The monoisotopic (exact) mass is 266 g/mol. The Morgan fingerprint density at radius 2 is 1.90 bits per heavy atom. The number of carbonyl (C=O) groups is 1. The van der Waals surface area contributed by atoms with Gasteiger partial charge in [-0.1, -0.05) is 48.0 Å². The molecule has 1 unspecified atom stereocenters. The summed E-state index contributed by atoms with van der Waals surface area (Å²) in [5, 5.41) is 12.7. The second kappa shape index (κ2) is 4.88. The summed E-state index contributed by atoms with van der Waals surface area (Å²) in [4.78, 5) is 12.6. The first kappa shape index (κ1) is 13.1. The summed E-state index contributed by atoms with van der Waals surface area (Å²) in [6, 6.07) is 13.6. The summed E-state index contributed by atoms with van der Waals surface area (Å²) >= 11 is 0. The second-order valence-electron chi connectivity index (χ2n) is 5.68. The molecule has 2 heteroatoms. The van der Waals surface area contributed by atoms with Gasteiger partial charge in [0.05, 0.1) is 0 Å². The van der Waals surface area contributed by atoms with Crippen molar-refractivity contribution in [3.63, 3.8) is 0 Å². The number of benzene rings is 2. The number of fused-ring (bicyclic) bond motifs is 1. The average Bonchev–Trinajstić information content (AvgIpc) is 2.49. The number of carbonyl (C=O) groups excluding carboxylic acids is 1. The third-order valence-electron chi connectivity index (χ3n) is 4.16. The number of aliphatic hydroxyl groups is 1. The maximum absolute atomic E-state index is 12.6. The second-order valence-corrected chi connectivity index (χ2v) is 5.68. The number of hydrogen-bond acceptors (Lipinski definition) is 2. The molecule has 0 amide bonds. The molecule has 3 rings (SSSR count). The van der Waals surface area contributed by atoms with Crippen LogP contribution in [0.3, 0.4) is 0 Å². The molecule has 1 N–H and O–H groups in total. The van der Waals surface area contributed by atoms with Gasteiger partial charge in [-0.15, -0.1) is 0 Å². The Kier molecular flexibility index (Phi) is 3.19. The highest BCUT2D eigenvalue weighted by Crippen LogP contribution is 2.31. The van der Waals surface area contributed by atoms with Gasteiger partial charge in [0.2, 0.25) is 0 Å². The maximum atomic E-state index is 12.6. The Morgan fingerprint density at radius 3 is 2.60 bits per heavy atom. The largest absolute Gasteiger partial charge is 0.381 e. The van der Waals surface area contributed by atoms with Crippen LogP contribution < -0.4 is 0 Å². The highest BCUT2D eigenvalue weighted by molar-refractivity contribution is 6.05. The fraction of sp³-hybridized carbons (Fsp3) is 0.278. The van der Waals surface area contributed by atoms with Crippen LogP contribution in [-0.2, 0) is 0 Å². The van der Waals surface area contributed by atoms with Crippen LogP contribution in [0.5, 0.6) is 0 Å². The zero-order valence-corrected chi connectivity index (χ0v) is 11.6. The van der Waals surface area contributed by atoms with Crippen molar-refractivity contribution < 1.29 is 9.90 Å². The van der Waals surface area contributed by atoms with Crippen LogP contribution in [0.25, 0.3) is 10.8 Å². The molecule has 0 saturated carbocycles. The maximum Gasteiger partial charge on any atom is 0.194 e. The molecular weight excluding hydrogens is 248 g/mol. The van der Waals surface area contributed by atoms with Gasteiger partial charge in [0.1, 0.15) is 5.60 Å². The molecule has 1 aliphatic carbocycles. The normalized spacial score (nSPS) is 22.6. The smallest absolute Gasteiger partial charge is 0.194 e. The van der Waals surface area contributed by atoms with E-state index < -0.39 is 5.60 Å². The molecule has 2 aromatic rings. The summed E-state index contributed by atoms with van der Waals surface area (Å²) in [6.07, 6.45) is 3.70. The Bertz CT molecular complexity index is 699. The minimum atomic E-state index is -1.23. The fourth-order valence-corrected chi connectivity index (χ4v) is 2.76. The lowest BCUT2D eigenvalue weighted by molar-refractivity contribution is 0.0265. The molecular formula is C18H18O2. The average molecular weight is 266 g/mol. The number of hydrogen-bond donors (Lipinski definition) is 1. The van der Waals surface area contributed by atoms with Gasteiger partial charge >= 0.3 is 0 Å². The lowest BCUT2D eigenvalue weighted by Gasteiger charge is -2.29. The Morgan fingerprint density at radius 1 is 1.15 bits per heavy atom. The van der Waals surface area contributed by atoms with Gasteiger partial charge in [0.15, 0.2) is 5.78 Å². The summed E-state index contributed by atoms with van der Waals surface area (Å²) in [7, 11) is 0. The minimum Gasteiger partial charge on any atom is -0.381 e. The van der Waals surface area contributed by atoms with Gasteiger partial charge in [-0.25, -0.2) is 0 Å². The van der Waals surface area contributed by atoms with Crippen LogP contribution in [-0.4, -0.2) is 16.5 Å². The third-order valence-corrected chi connectivity index (χ3v) is 4.16. The predicted molar refractivity (Wildman–Crippen MR) is 80.8 cm³/mol. The highest BCUT2D eigenvalue weighted by Gasteiger charge is 2.36. The van der Waals surface area contributed by atoms with E-state index >= 15 is 0 Å². The minimum absolute atomic E-state index is 0.160. The molecule has 0 aromatic heterocycles. The molecule has 1 atom stereocenters. The van der Waals surface area contributed by atoms with Crippen molar-refractivity contribution in [1.82, 2.24) is 0 Å². The van der Waals surface area contributed by atoms with Gasteiger partial charge in [0, 0.05) is 12.0 Å². The molecule has 0 heterocycles. The summed E-state index contributed by atoms with van der Waals surface area (Å²) in [5.74, 6) is -0.160. The topological polar surface area (TPSA) is 37.3 Å². The van der Waals surface area contributed by atoms with Crippen molar-refractivity contribution in [3.05, 3.63) is 59.7 Å². The van der Waals surface area contributed by atoms with E-state index in [2.05, 4.69) is 0 Å². The van der Waals surface area contributed by atoms with Crippen LogP contribution in [0.15, 0.2) is 54.1 Å². The summed E-state index contributed by atoms with van der Waals surface area (Å²) in [5.41, 5.74) is 0.613. The van der Waals surface area contributed by atoms with Crippen LogP contribution in [0.4, 0.5) is 0 Å². The standard InChI is InChI=1S/C18H18O2/c1-13-8-10-18(20,11-9-13)17(19)16-7-6-14-4-2-3-5-15(14)12-16/h2-8,12,20H,9-11H2,1H3. The van der Waals surface area contributed by atoms with E-state index in [1.807, 2.05) is 55.5 Å². The summed E-state index contributed by atoms with van der Waals surface area (Å²) in [6.45, 7) is 2.04. The molecule has 0 aliphatic heterocycles. The number of allylic oxidation sites excluding steroid dienone is 1. The van der Waals surface area contributed by atoms with Gasteiger partial charge in [0.25, 0.3) is 0 Å². The zero-order valence-electron chi connectivity index (χ0n) is 11.6. The van der Waals surface area contributed by atoms with E-state index in [1.54, 1.807) is 0 Å². The predicted octanol–water partition coefficient (Wildman–Crippen LogP) is 3.88. The molecule has 2 aromatic carbocycles. The molecule has 102 valence electrons. The van der Waals surface area contributed by atoms with E-state index in [9.17, 15) is 9.90 Å². The van der Waals surface area contributed by atoms with Gasteiger partial charge in [-0.05, 0) is 36.6 Å². The van der Waals surface area contributed by atoms with Crippen molar-refractivity contribution in [2.24, 2.45) is 0 Å². The fourth-order valence-electron chi connectivity index (χ4n) is 2.76. The van der Waals surface area contributed by atoms with E-state index in [-0.39, 0.29) is 5.78 Å².